The van der Waals surface area contributed by atoms with Gasteiger partial charge in [-0.3, -0.25) is 14.5 Å². The predicted molar refractivity (Wildman–Crippen MR) is 201 cm³/mol. The highest BCUT2D eigenvalue weighted by Gasteiger charge is 2.43. The maximum atomic E-state index is 13.8. The molecule has 0 radical (unpaired) electrons. The summed E-state index contributed by atoms with van der Waals surface area (Å²) in [6.45, 7) is 7.34. The third-order valence-electron chi connectivity index (χ3n) is 10.9. The van der Waals surface area contributed by atoms with E-state index in [1.807, 2.05) is 5.38 Å². The van der Waals surface area contributed by atoms with Crippen molar-refractivity contribution in [2.45, 2.75) is 155 Å². The molecule has 0 fully saturated rings. The summed E-state index contributed by atoms with van der Waals surface area (Å²) < 4.78 is 0. The molecule has 3 aromatic rings. The highest BCUT2D eigenvalue weighted by atomic mass is 32.1. The molecule has 2 aromatic carbocycles. The van der Waals surface area contributed by atoms with Gasteiger partial charge in [-0.05, 0) is 53.1 Å². The van der Waals surface area contributed by atoms with Gasteiger partial charge in [0.05, 0.1) is 11.1 Å². The summed E-state index contributed by atoms with van der Waals surface area (Å²) in [4.78, 5) is 29.7. The Hall–Kier alpha value is -2.72. The number of rotatable bonds is 22. The molecule has 2 aliphatic rings. The Labute approximate surface area is 289 Å². The van der Waals surface area contributed by atoms with E-state index in [4.69, 9.17) is 0 Å². The van der Waals surface area contributed by atoms with Crippen LogP contribution in [0, 0.1) is 0 Å². The summed E-state index contributed by atoms with van der Waals surface area (Å²) in [5, 5.41) is 1.94. The zero-order chi connectivity index (χ0) is 33.1. The number of unbranched alkanes of at least 4 members (excludes halogenated alkanes) is 15. The van der Waals surface area contributed by atoms with Crippen LogP contribution in [-0.4, -0.2) is 23.3 Å². The number of nitrogens with zero attached hydrogens (tertiary/aromatic N) is 1. The molecule has 0 spiro atoms. The summed E-state index contributed by atoms with van der Waals surface area (Å²) in [7, 11) is 0. The lowest BCUT2D eigenvalue weighted by atomic mass is 9.70. The average Bonchev–Trinajstić information content (AvgIpc) is 3.72. The van der Waals surface area contributed by atoms with Crippen LogP contribution < -0.4 is 0 Å². The van der Waals surface area contributed by atoms with Gasteiger partial charge in [0.15, 0.2) is 0 Å². The van der Waals surface area contributed by atoms with Crippen LogP contribution in [0.3, 0.4) is 0 Å². The Morgan fingerprint density at radius 3 is 1.77 bits per heavy atom. The number of hydrogen-bond acceptors (Lipinski definition) is 3. The predicted octanol–water partition coefficient (Wildman–Crippen LogP) is 13.1. The van der Waals surface area contributed by atoms with E-state index in [2.05, 4.69) is 63.2 Å². The summed E-state index contributed by atoms with van der Waals surface area (Å²) in [5.74, 6) is -0.195. The number of amides is 2. The number of benzene rings is 2. The van der Waals surface area contributed by atoms with Crippen molar-refractivity contribution in [1.29, 1.82) is 0 Å². The van der Waals surface area contributed by atoms with Gasteiger partial charge >= 0.3 is 0 Å². The second-order valence-electron chi connectivity index (χ2n) is 14.3. The zero-order valence-corrected chi connectivity index (χ0v) is 30.5. The lowest BCUT2D eigenvalue weighted by molar-refractivity contribution is 0.0651. The van der Waals surface area contributed by atoms with E-state index in [0.717, 1.165) is 23.3 Å². The van der Waals surface area contributed by atoms with Crippen LogP contribution in [0.1, 0.15) is 181 Å². The largest absolute Gasteiger partial charge is 0.274 e. The van der Waals surface area contributed by atoms with Gasteiger partial charge in [-0.25, -0.2) is 0 Å². The first-order valence-corrected chi connectivity index (χ1v) is 20.2. The first kappa shape index (κ1) is 35.6. The van der Waals surface area contributed by atoms with Crippen molar-refractivity contribution in [3.05, 3.63) is 70.1 Å². The van der Waals surface area contributed by atoms with E-state index in [9.17, 15) is 9.59 Å². The van der Waals surface area contributed by atoms with Gasteiger partial charge in [0.25, 0.3) is 11.8 Å². The monoisotopic (exact) mass is 653 g/mol. The minimum atomic E-state index is -0.102. The maximum Gasteiger partial charge on any atom is 0.263 e. The van der Waals surface area contributed by atoms with Crippen LogP contribution >= 0.6 is 11.3 Å². The van der Waals surface area contributed by atoms with Crippen LogP contribution in [0.25, 0.3) is 21.6 Å². The van der Waals surface area contributed by atoms with Gasteiger partial charge in [0, 0.05) is 22.2 Å². The Balaban J connectivity index is 1.42. The third kappa shape index (κ3) is 7.96. The van der Waals surface area contributed by atoms with Crippen LogP contribution in [0.15, 0.2) is 47.8 Å². The molecule has 1 aliphatic carbocycles. The number of hydrogen-bond donors (Lipinski definition) is 0. The van der Waals surface area contributed by atoms with E-state index >= 15 is 0 Å². The molecule has 0 N–H and O–H groups in total. The van der Waals surface area contributed by atoms with E-state index in [1.165, 1.54) is 143 Å². The molecule has 254 valence electrons. The van der Waals surface area contributed by atoms with Gasteiger partial charge in [-0.2, -0.15) is 0 Å². The summed E-state index contributed by atoms with van der Waals surface area (Å²) in [6, 6.07) is 16.1. The number of carbonyl (C=O) groups excluding carboxylic acids is 2. The number of imide groups is 1. The molecule has 0 saturated carbocycles. The number of thiophene rings is 1. The van der Waals surface area contributed by atoms with Crippen LogP contribution in [0.5, 0.6) is 0 Å². The van der Waals surface area contributed by atoms with Gasteiger partial charge < -0.3 is 0 Å². The van der Waals surface area contributed by atoms with E-state index in [-0.39, 0.29) is 17.2 Å². The Bertz CT molecular complexity index is 1450. The fourth-order valence-corrected chi connectivity index (χ4v) is 9.27. The normalized spacial score (nSPS) is 14.6. The van der Waals surface area contributed by atoms with Gasteiger partial charge in [-0.15, -0.1) is 11.3 Å². The molecule has 0 unspecified atom stereocenters. The number of fused-ring (bicyclic) bond motifs is 4. The molecule has 3 nitrogen and oxygen atoms in total. The van der Waals surface area contributed by atoms with Crippen molar-refractivity contribution in [3.63, 3.8) is 0 Å². The average molecular weight is 654 g/mol. The fourth-order valence-electron chi connectivity index (χ4n) is 8.24. The molecular weight excluding hydrogens is 595 g/mol. The van der Waals surface area contributed by atoms with Gasteiger partial charge in [0.1, 0.15) is 0 Å². The van der Waals surface area contributed by atoms with Crippen molar-refractivity contribution in [1.82, 2.24) is 4.90 Å². The van der Waals surface area contributed by atoms with Crippen LogP contribution in [0.2, 0.25) is 0 Å². The molecule has 0 saturated heterocycles. The van der Waals surface area contributed by atoms with E-state index in [1.54, 1.807) is 11.3 Å². The van der Waals surface area contributed by atoms with Crippen molar-refractivity contribution < 1.29 is 9.59 Å². The topological polar surface area (TPSA) is 37.4 Å². The molecule has 0 bridgehead atoms. The van der Waals surface area contributed by atoms with Crippen LogP contribution in [-0.2, 0) is 5.41 Å². The summed E-state index contributed by atoms with van der Waals surface area (Å²) in [5.41, 5.74) is 8.04. The quantitative estimate of drug-likeness (QED) is 0.0799. The molecule has 1 aliphatic heterocycles. The van der Waals surface area contributed by atoms with E-state index < -0.39 is 0 Å². The van der Waals surface area contributed by atoms with Crippen molar-refractivity contribution in [2.24, 2.45) is 0 Å². The smallest absolute Gasteiger partial charge is 0.263 e. The SMILES string of the molecule is CCCCCCCCN1C(=O)c2csc(-c3ccc4c(c3)C(CCCCCCCC)(CCCCCCCC)c3ccccc3-4)c2C1=O. The maximum absolute atomic E-state index is 13.8. The minimum Gasteiger partial charge on any atom is -0.274 e. The van der Waals surface area contributed by atoms with Crippen LogP contribution in [0.4, 0.5) is 0 Å². The first-order chi connectivity index (χ1) is 23.1. The Kier molecular flexibility index (Phi) is 13.3. The Morgan fingerprint density at radius 1 is 0.574 bits per heavy atom. The molecule has 0 atom stereocenters. The van der Waals surface area contributed by atoms with Crippen molar-refractivity contribution >= 4 is 23.2 Å². The zero-order valence-electron chi connectivity index (χ0n) is 29.6. The first-order valence-electron chi connectivity index (χ1n) is 19.3. The summed E-state index contributed by atoms with van der Waals surface area (Å²) in [6.07, 6.45) is 24.8. The molecule has 1 aromatic heterocycles. The van der Waals surface area contributed by atoms with Gasteiger partial charge in [-0.1, -0.05) is 166 Å². The summed E-state index contributed by atoms with van der Waals surface area (Å²) >= 11 is 1.57. The highest BCUT2D eigenvalue weighted by molar-refractivity contribution is 7.14. The molecule has 2 amide bonds. The molecular formula is C43H59NO2S. The third-order valence-corrected chi connectivity index (χ3v) is 11.9. The fraction of sp³-hybridized carbons (Fsp3) is 0.581. The Morgan fingerprint density at radius 2 is 1.13 bits per heavy atom. The highest BCUT2D eigenvalue weighted by Crippen LogP contribution is 2.55. The second-order valence-corrected chi connectivity index (χ2v) is 15.2. The van der Waals surface area contributed by atoms with Gasteiger partial charge in [0.2, 0.25) is 0 Å². The molecule has 47 heavy (non-hydrogen) atoms. The van der Waals surface area contributed by atoms with Crippen molar-refractivity contribution in [2.75, 3.05) is 6.54 Å². The standard InChI is InChI=1S/C43H59NO2S/c1-4-7-10-13-16-21-28-43(29-22-17-14-11-8-5-2)37-25-20-19-24-34(37)35-27-26-33(31-38(35)43)40-39-36(32-47-40)41(45)44(42(39)46)30-23-18-15-12-9-6-3/h19-20,24-27,31-32H,4-18,21-23,28-30H2,1-3H3. The number of carbonyl (C=O) groups is 2. The van der Waals surface area contributed by atoms with E-state index in [0.29, 0.717) is 17.7 Å². The lowest BCUT2D eigenvalue weighted by Gasteiger charge is -2.33. The molecule has 4 heteroatoms. The molecule has 5 rings (SSSR count). The lowest BCUT2D eigenvalue weighted by Crippen LogP contribution is -2.31. The molecule has 2 heterocycles. The second kappa shape index (κ2) is 17.6. The van der Waals surface area contributed by atoms with Crippen molar-refractivity contribution in [3.8, 4) is 21.6 Å². The minimum absolute atomic E-state index is 0.00151.